The van der Waals surface area contributed by atoms with Crippen LogP contribution in [0, 0.1) is 0 Å². The van der Waals surface area contributed by atoms with Crippen LogP contribution in [-0.2, 0) is 14.3 Å². The van der Waals surface area contributed by atoms with Crippen LogP contribution in [0.25, 0.3) is 0 Å². The van der Waals surface area contributed by atoms with Crippen LogP contribution < -0.4 is 15.4 Å². The molecule has 0 saturated carbocycles. The van der Waals surface area contributed by atoms with E-state index in [-0.39, 0.29) is 18.7 Å². The second-order valence-electron chi connectivity index (χ2n) is 7.04. The van der Waals surface area contributed by atoms with Crippen LogP contribution in [0.3, 0.4) is 0 Å². The van der Waals surface area contributed by atoms with Gasteiger partial charge in [0.25, 0.3) is 0 Å². The maximum absolute atomic E-state index is 12.9. The highest BCUT2D eigenvalue weighted by Crippen LogP contribution is 2.33. The predicted molar refractivity (Wildman–Crippen MR) is 104 cm³/mol. The first-order chi connectivity index (χ1) is 13.6. The topological polar surface area (TPSA) is 85.9 Å². The van der Waals surface area contributed by atoms with Crippen molar-refractivity contribution in [3.63, 3.8) is 0 Å². The van der Waals surface area contributed by atoms with E-state index < -0.39 is 12.0 Å². The lowest BCUT2D eigenvalue weighted by molar-refractivity contribution is -0.142. The minimum Gasteiger partial charge on any atom is -0.493 e. The van der Waals surface area contributed by atoms with Crippen molar-refractivity contribution in [3.8, 4) is 5.75 Å². The summed E-state index contributed by atoms with van der Waals surface area (Å²) < 4.78 is 16.9. The first-order valence-electron chi connectivity index (χ1n) is 9.89. The summed E-state index contributed by atoms with van der Waals surface area (Å²) in [5, 5.41) is 5.50. The monoisotopic (exact) mass is 388 g/mol. The van der Waals surface area contributed by atoms with E-state index in [1.54, 1.807) is 6.92 Å². The van der Waals surface area contributed by atoms with Gasteiger partial charge in [0.2, 0.25) is 0 Å². The van der Waals surface area contributed by atoms with Crippen molar-refractivity contribution in [2.75, 3.05) is 19.8 Å². The Morgan fingerprint density at radius 1 is 1.32 bits per heavy atom. The Bertz CT molecular complexity index is 740. The largest absolute Gasteiger partial charge is 0.493 e. The van der Waals surface area contributed by atoms with Gasteiger partial charge in [0.1, 0.15) is 12.4 Å². The van der Waals surface area contributed by atoms with Crippen molar-refractivity contribution < 1.29 is 23.8 Å². The molecule has 2 unspecified atom stereocenters. The Hall–Kier alpha value is -2.54. The number of unbranched alkanes of at least 4 members (excludes halogenated alkanes) is 1. The second kappa shape index (κ2) is 9.59. The highest BCUT2D eigenvalue weighted by atomic mass is 16.6. The van der Waals surface area contributed by atoms with Crippen molar-refractivity contribution >= 4 is 12.0 Å². The van der Waals surface area contributed by atoms with E-state index in [9.17, 15) is 9.59 Å². The molecule has 7 nitrogen and oxygen atoms in total. The Morgan fingerprint density at radius 2 is 2.14 bits per heavy atom. The van der Waals surface area contributed by atoms with Gasteiger partial charge in [-0.2, -0.15) is 0 Å². The minimum absolute atomic E-state index is 0.0564. The van der Waals surface area contributed by atoms with Crippen molar-refractivity contribution in [1.82, 2.24) is 10.6 Å². The maximum atomic E-state index is 12.9. The molecule has 1 saturated heterocycles. The summed E-state index contributed by atoms with van der Waals surface area (Å²) in [7, 11) is 0. The zero-order valence-electron chi connectivity index (χ0n) is 16.5. The summed E-state index contributed by atoms with van der Waals surface area (Å²) in [5.74, 6) is 0.189. The molecule has 2 amide bonds. The smallest absolute Gasteiger partial charge is 0.338 e. The molecular formula is C21H28N2O5. The third-order valence-electron chi connectivity index (χ3n) is 4.90. The van der Waals surface area contributed by atoms with Gasteiger partial charge < -0.3 is 24.8 Å². The molecule has 2 N–H and O–H groups in total. The van der Waals surface area contributed by atoms with Crippen LogP contribution in [-0.4, -0.2) is 37.9 Å². The van der Waals surface area contributed by atoms with Gasteiger partial charge in [-0.1, -0.05) is 31.5 Å². The lowest BCUT2D eigenvalue weighted by Gasteiger charge is -2.29. The third-order valence-corrected chi connectivity index (χ3v) is 4.90. The summed E-state index contributed by atoms with van der Waals surface area (Å²) in [6, 6.07) is 6.45. The molecule has 2 aliphatic heterocycles. The van der Waals surface area contributed by atoms with Gasteiger partial charge in [-0.05, 0) is 32.3 Å². The fraction of sp³-hybridized carbons (Fsp3) is 0.524. The Balaban J connectivity index is 1.82. The van der Waals surface area contributed by atoms with Gasteiger partial charge in [0, 0.05) is 17.9 Å². The van der Waals surface area contributed by atoms with Crippen molar-refractivity contribution in [2.45, 2.75) is 51.7 Å². The van der Waals surface area contributed by atoms with Crippen molar-refractivity contribution in [1.29, 1.82) is 0 Å². The molecule has 3 rings (SSSR count). The normalized spacial score (nSPS) is 21.9. The number of carbonyl (C=O) groups is 2. The van der Waals surface area contributed by atoms with E-state index in [0.717, 1.165) is 31.2 Å². The predicted octanol–water partition coefficient (Wildman–Crippen LogP) is 3.22. The summed E-state index contributed by atoms with van der Waals surface area (Å²) in [6.45, 7) is 5.29. The molecule has 1 fully saturated rings. The summed E-state index contributed by atoms with van der Waals surface area (Å²) in [6.07, 6.45) is 3.76. The first kappa shape index (κ1) is 20.2. The Kier molecular flexibility index (Phi) is 6.92. The van der Waals surface area contributed by atoms with Gasteiger partial charge >= 0.3 is 12.0 Å². The molecular weight excluding hydrogens is 360 g/mol. The Morgan fingerprint density at radius 3 is 2.89 bits per heavy atom. The molecule has 2 atom stereocenters. The van der Waals surface area contributed by atoms with Gasteiger partial charge in [0.15, 0.2) is 0 Å². The number of nitrogens with one attached hydrogen (secondary N) is 2. The molecule has 0 aromatic heterocycles. The Labute approximate surface area is 165 Å². The van der Waals surface area contributed by atoms with Gasteiger partial charge in [-0.25, -0.2) is 9.59 Å². The quantitative estimate of drug-likeness (QED) is 0.528. The SMILES string of the molecule is CCCCOc1ccccc1C1NC(=O)NC(C)=C1C(=O)OCC1CCCO1. The van der Waals surface area contributed by atoms with Crippen molar-refractivity contribution in [3.05, 3.63) is 41.1 Å². The number of ether oxygens (including phenoxy) is 3. The highest BCUT2D eigenvalue weighted by Gasteiger charge is 2.34. The molecule has 28 heavy (non-hydrogen) atoms. The molecule has 2 heterocycles. The molecule has 7 heteroatoms. The van der Waals surface area contributed by atoms with Crippen LogP contribution in [0.15, 0.2) is 35.5 Å². The molecule has 0 aliphatic carbocycles. The fourth-order valence-electron chi connectivity index (χ4n) is 3.40. The van der Waals surface area contributed by atoms with Gasteiger partial charge in [0.05, 0.1) is 24.3 Å². The number of carbonyl (C=O) groups excluding carboxylic acids is 2. The molecule has 1 aromatic carbocycles. The number of hydrogen-bond acceptors (Lipinski definition) is 5. The molecule has 1 aromatic rings. The van der Waals surface area contributed by atoms with E-state index in [2.05, 4.69) is 17.6 Å². The molecule has 152 valence electrons. The number of benzene rings is 1. The third kappa shape index (κ3) is 4.84. The van der Waals surface area contributed by atoms with Crippen molar-refractivity contribution in [2.24, 2.45) is 0 Å². The number of allylic oxidation sites excluding steroid dienone is 1. The van der Waals surface area contributed by atoms with Gasteiger partial charge in [-0.15, -0.1) is 0 Å². The minimum atomic E-state index is -0.636. The number of urea groups is 1. The number of esters is 1. The van der Waals surface area contributed by atoms with E-state index in [4.69, 9.17) is 14.2 Å². The number of hydrogen-bond donors (Lipinski definition) is 2. The lowest BCUT2D eigenvalue weighted by Crippen LogP contribution is -2.45. The molecule has 2 aliphatic rings. The zero-order valence-corrected chi connectivity index (χ0v) is 16.5. The molecule has 0 radical (unpaired) electrons. The van der Waals surface area contributed by atoms with Crippen LogP contribution in [0.1, 0.15) is 51.1 Å². The molecule has 0 spiro atoms. The van der Waals surface area contributed by atoms with E-state index in [1.165, 1.54) is 0 Å². The fourth-order valence-corrected chi connectivity index (χ4v) is 3.40. The number of rotatable bonds is 8. The summed E-state index contributed by atoms with van der Waals surface area (Å²) in [5.41, 5.74) is 1.59. The lowest BCUT2D eigenvalue weighted by atomic mass is 9.95. The standard InChI is InChI=1S/C21H28N2O5/c1-3-4-11-27-17-10-6-5-9-16(17)19-18(14(2)22-21(25)23-19)20(24)28-13-15-8-7-12-26-15/h5-6,9-10,15,19H,3-4,7-8,11-13H2,1-2H3,(H2,22,23,25). The van der Waals surface area contributed by atoms with Crippen LogP contribution in [0.4, 0.5) is 4.79 Å². The molecule has 0 bridgehead atoms. The number of amides is 2. The van der Waals surface area contributed by atoms with E-state index in [0.29, 0.717) is 30.2 Å². The van der Waals surface area contributed by atoms with Crippen LogP contribution in [0.2, 0.25) is 0 Å². The van der Waals surface area contributed by atoms with E-state index in [1.807, 2.05) is 24.3 Å². The average molecular weight is 388 g/mol. The zero-order chi connectivity index (χ0) is 19.9. The van der Waals surface area contributed by atoms with Gasteiger partial charge in [-0.3, -0.25) is 0 Å². The average Bonchev–Trinajstić information content (AvgIpc) is 3.20. The maximum Gasteiger partial charge on any atom is 0.338 e. The first-order valence-corrected chi connectivity index (χ1v) is 9.89. The van der Waals surface area contributed by atoms with Crippen LogP contribution in [0.5, 0.6) is 5.75 Å². The highest BCUT2D eigenvalue weighted by molar-refractivity contribution is 5.95. The van der Waals surface area contributed by atoms with Crippen LogP contribution >= 0.6 is 0 Å². The summed E-state index contributed by atoms with van der Waals surface area (Å²) in [4.78, 5) is 25.0. The number of para-hydroxylation sites is 1. The summed E-state index contributed by atoms with van der Waals surface area (Å²) >= 11 is 0. The van der Waals surface area contributed by atoms with E-state index >= 15 is 0 Å². The second-order valence-corrected chi connectivity index (χ2v) is 7.04.